The molecule has 0 heterocycles. The topological polar surface area (TPSA) is 12.0 Å². The lowest BCUT2D eigenvalue weighted by atomic mass is 9.95. The third kappa shape index (κ3) is 2.15. The van der Waals surface area contributed by atoms with E-state index in [1.54, 1.807) is 0 Å². The van der Waals surface area contributed by atoms with Crippen molar-refractivity contribution in [3.63, 3.8) is 0 Å². The van der Waals surface area contributed by atoms with E-state index in [0.29, 0.717) is 0 Å². The van der Waals surface area contributed by atoms with Crippen LogP contribution in [0.5, 0.6) is 0 Å². The fraction of sp³-hybridized carbons (Fsp3) is 0.600. The third-order valence-electron chi connectivity index (χ3n) is 4.40. The first kappa shape index (κ1) is 10.3. The SMILES string of the molecule is c1ccc(CCN[C@@H]2C[C@H]3CC[C@@H]2C3)cc1. The van der Waals surface area contributed by atoms with Gasteiger partial charge in [-0.15, -0.1) is 0 Å². The number of nitrogens with one attached hydrogen (secondary N) is 1. The molecular formula is C15H21N. The summed E-state index contributed by atoms with van der Waals surface area (Å²) >= 11 is 0. The Kier molecular flexibility index (Phi) is 2.96. The van der Waals surface area contributed by atoms with Crippen LogP contribution in [0.2, 0.25) is 0 Å². The van der Waals surface area contributed by atoms with Crippen molar-refractivity contribution in [3.8, 4) is 0 Å². The van der Waals surface area contributed by atoms with E-state index in [9.17, 15) is 0 Å². The van der Waals surface area contributed by atoms with Gasteiger partial charge in [-0.1, -0.05) is 36.8 Å². The average molecular weight is 215 g/mol. The van der Waals surface area contributed by atoms with E-state index in [-0.39, 0.29) is 0 Å². The van der Waals surface area contributed by atoms with Crippen LogP contribution in [-0.2, 0) is 6.42 Å². The zero-order valence-electron chi connectivity index (χ0n) is 9.86. The lowest BCUT2D eigenvalue weighted by molar-refractivity contribution is 0.354. The van der Waals surface area contributed by atoms with Gasteiger partial charge < -0.3 is 5.32 Å². The number of fused-ring (bicyclic) bond motifs is 2. The van der Waals surface area contributed by atoms with E-state index < -0.39 is 0 Å². The second kappa shape index (κ2) is 4.58. The van der Waals surface area contributed by atoms with Crippen molar-refractivity contribution >= 4 is 0 Å². The molecule has 0 aliphatic heterocycles. The molecule has 0 saturated heterocycles. The molecule has 0 radical (unpaired) electrons. The third-order valence-corrected chi connectivity index (χ3v) is 4.40. The largest absolute Gasteiger partial charge is 0.313 e. The first-order chi connectivity index (χ1) is 7.92. The lowest BCUT2D eigenvalue weighted by Gasteiger charge is -2.22. The van der Waals surface area contributed by atoms with Crippen LogP contribution in [0.1, 0.15) is 31.2 Å². The summed E-state index contributed by atoms with van der Waals surface area (Å²) in [5.41, 5.74) is 1.46. The first-order valence-electron chi connectivity index (χ1n) is 6.69. The summed E-state index contributed by atoms with van der Waals surface area (Å²) < 4.78 is 0. The molecule has 2 saturated carbocycles. The van der Waals surface area contributed by atoms with Gasteiger partial charge in [0, 0.05) is 6.04 Å². The van der Waals surface area contributed by atoms with Gasteiger partial charge in [0.25, 0.3) is 0 Å². The summed E-state index contributed by atoms with van der Waals surface area (Å²) in [5.74, 6) is 2.06. The maximum Gasteiger partial charge on any atom is 0.00981 e. The fourth-order valence-corrected chi connectivity index (χ4v) is 3.54. The molecule has 0 unspecified atom stereocenters. The maximum absolute atomic E-state index is 3.76. The molecule has 2 aliphatic rings. The Morgan fingerprint density at radius 3 is 2.62 bits per heavy atom. The standard InChI is InChI=1S/C15H21N/c1-2-4-12(5-3-1)8-9-16-15-11-13-6-7-14(15)10-13/h1-5,13-16H,6-11H2/t13-,14+,15+/m0/s1. The fourth-order valence-electron chi connectivity index (χ4n) is 3.54. The van der Waals surface area contributed by atoms with Crippen molar-refractivity contribution in [3.05, 3.63) is 35.9 Å². The molecular weight excluding hydrogens is 194 g/mol. The molecule has 1 heteroatoms. The molecule has 86 valence electrons. The average Bonchev–Trinajstić information content (AvgIpc) is 2.92. The lowest BCUT2D eigenvalue weighted by Crippen LogP contribution is -2.35. The van der Waals surface area contributed by atoms with Gasteiger partial charge in [-0.3, -0.25) is 0 Å². The van der Waals surface area contributed by atoms with Gasteiger partial charge in [0.05, 0.1) is 0 Å². The van der Waals surface area contributed by atoms with Gasteiger partial charge in [0.15, 0.2) is 0 Å². The minimum absolute atomic E-state index is 0.836. The summed E-state index contributed by atoms with van der Waals surface area (Å²) in [6.45, 7) is 1.15. The van der Waals surface area contributed by atoms with Crippen LogP contribution in [0.4, 0.5) is 0 Å². The minimum Gasteiger partial charge on any atom is -0.313 e. The van der Waals surface area contributed by atoms with E-state index in [0.717, 1.165) is 24.4 Å². The van der Waals surface area contributed by atoms with Crippen LogP contribution in [0, 0.1) is 11.8 Å². The van der Waals surface area contributed by atoms with Crippen LogP contribution in [-0.4, -0.2) is 12.6 Å². The Balaban J connectivity index is 1.44. The Morgan fingerprint density at radius 2 is 1.94 bits per heavy atom. The van der Waals surface area contributed by atoms with Crippen molar-refractivity contribution in [1.82, 2.24) is 5.32 Å². The van der Waals surface area contributed by atoms with Crippen LogP contribution in [0.25, 0.3) is 0 Å². The molecule has 2 aliphatic carbocycles. The van der Waals surface area contributed by atoms with Crippen molar-refractivity contribution in [1.29, 1.82) is 0 Å². The Labute approximate surface area is 98.3 Å². The van der Waals surface area contributed by atoms with Gasteiger partial charge in [-0.05, 0) is 49.6 Å². The molecule has 1 aromatic carbocycles. The van der Waals surface area contributed by atoms with Crippen LogP contribution in [0.15, 0.2) is 30.3 Å². The Morgan fingerprint density at radius 1 is 1.06 bits per heavy atom. The highest BCUT2D eigenvalue weighted by atomic mass is 14.9. The monoisotopic (exact) mass is 215 g/mol. The van der Waals surface area contributed by atoms with Gasteiger partial charge in [0.1, 0.15) is 0 Å². The van der Waals surface area contributed by atoms with E-state index in [4.69, 9.17) is 0 Å². The van der Waals surface area contributed by atoms with E-state index in [2.05, 4.69) is 35.6 Å². The predicted molar refractivity (Wildman–Crippen MR) is 67.4 cm³/mol. The molecule has 0 amide bonds. The van der Waals surface area contributed by atoms with Crippen LogP contribution < -0.4 is 5.32 Å². The molecule has 0 aromatic heterocycles. The zero-order chi connectivity index (χ0) is 10.8. The Bertz CT molecular complexity index is 333. The second-order valence-electron chi connectivity index (χ2n) is 5.47. The molecule has 0 spiro atoms. The molecule has 1 N–H and O–H groups in total. The predicted octanol–water partition coefficient (Wildman–Crippen LogP) is 3.01. The molecule has 2 fully saturated rings. The summed E-state index contributed by atoms with van der Waals surface area (Å²) in [6, 6.07) is 11.6. The number of rotatable bonds is 4. The molecule has 2 bridgehead atoms. The first-order valence-corrected chi connectivity index (χ1v) is 6.69. The summed E-state index contributed by atoms with van der Waals surface area (Å²) in [5, 5.41) is 3.76. The zero-order valence-corrected chi connectivity index (χ0v) is 9.86. The van der Waals surface area contributed by atoms with Crippen molar-refractivity contribution in [2.75, 3.05) is 6.54 Å². The van der Waals surface area contributed by atoms with Gasteiger partial charge >= 0.3 is 0 Å². The highest BCUT2D eigenvalue weighted by molar-refractivity contribution is 5.14. The minimum atomic E-state index is 0.836. The maximum atomic E-state index is 3.76. The second-order valence-corrected chi connectivity index (χ2v) is 5.47. The number of hydrogen-bond acceptors (Lipinski definition) is 1. The molecule has 3 atom stereocenters. The van der Waals surface area contributed by atoms with Gasteiger partial charge in [-0.25, -0.2) is 0 Å². The van der Waals surface area contributed by atoms with Crippen LogP contribution in [0.3, 0.4) is 0 Å². The summed E-state index contributed by atoms with van der Waals surface area (Å²) in [4.78, 5) is 0. The number of benzene rings is 1. The molecule has 16 heavy (non-hydrogen) atoms. The molecule has 1 nitrogen and oxygen atoms in total. The highest BCUT2D eigenvalue weighted by Gasteiger charge is 2.38. The summed E-state index contributed by atoms with van der Waals surface area (Å²) in [7, 11) is 0. The van der Waals surface area contributed by atoms with Gasteiger partial charge in [0.2, 0.25) is 0 Å². The smallest absolute Gasteiger partial charge is 0.00981 e. The van der Waals surface area contributed by atoms with E-state index >= 15 is 0 Å². The van der Waals surface area contributed by atoms with Crippen LogP contribution >= 0.6 is 0 Å². The van der Waals surface area contributed by atoms with E-state index in [1.807, 2.05) is 0 Å². The van der Waals surface area contributed by atoms with Crippen molar-refractivity contribution < 1.29 is 0 Å². The highest BCUT2D eigenvalue weighted by Crippen LogP contribution is 2.44. The quantitative estimate of drug-likeness (QED) is 0.814. The molecule has 1 aromatic rings. The van der Waals surface area contributed by atoms with Crippen molar-refractivity contribution in [2.45, 2.75) is 38.1 Å². The summed E-state index contributed by atoms with van der Waals surface area (Å²) in [6.07, 6.45) is 7.10. The number of hydrogen-bond donors (Lipinski definition) is 1. The van der Waals surface area contributed by atoms with E-state index in [1.165, 1.54) is 37.7 Å². The van der Waals surface area contributed by atoms with Gasteiger partial charge in [-0.2, -0.15) is 0 Å². The molecule has 3 rings (SSSR count). The normalized spacial score (nSPS) is 32.1. The Hall–Kier alpha value is -0.820. The van der Waals surface area contributed by atoms with Crippen molar-refractivity contribution in [2.24, 2.45) is 11.8 Å².